The monoisotopic (exact) mass is 181 g/mol. The number of hydrogen-bond donors (Lipinski definition) is 2. The average Bonchev–Trinajstić information content (AvgIpc) is 2.09. The van der Waals surface area contributed by atoms with Gasteiger partial charge in [0.15, 0.2) is 0 Å². The first-order valence-electron chi connectivity index (χ1n) is 4.19. The summed E-state index contributed by atoms with van der Waals surface area (Å²) in [5, 5.41) is 9.53. The van der Waals surface area contributed by atoms with Crippen LogP contribution in [0.3, 0.4) is 0 Å². The van der Waals surface area contributed by atoms with Gasteiger partial charge in [0.1, 0.15) is 11.5 Å². The van der Waals surface area contributed by atoms with Crippen LogP contribution in [0.2, 0.25) is 0 Å². The van der Waals surface area contributed by atoms with E-state index in [0.717, 1.165) is 11.1 Å². The molecule has 0 amide bonds. The normalized spacial score (nSPS) is 12.6. The summed E-state index contributed by atoms with van der Waals surface area (Å²) < 4.78 is 5.10. The molecule has 3 N–H and O–H groups in total. The third kappa shape index (κ3) is 1.92. The van der Waals surface area contributed by atoms with Gasteiger partial charge in [-0.2, -0.15) is 0 Å². The maximum Gasteiger partial charge on any atom is 0.125 e. The molecule has 0 bridgehead atoms. The lowest BCUT2D eigenvalue weighted by molar-refractivity contribution is 0.401. The van der Waals surface area contributed by atoms with E-state index in [2.05, 4.69) is 0 Å². The second kappa shape index (κ2) is 3.66. The van der Waals surface area contributed by atoms with E-state index in [1.165, 1.54) is 0 Å². The summed E-state index contributed by atoms with van der Waals surface area (Å²) in [6.45, 7) is 3.67. The van der Waals surface area contributed by atoms with Gasteiger partial charge in [0.2, 0.25) is 0 Å². The van der Waals surface area contributed by atoms with Crippen LogP contribution < -0.4 is 10.5 Å². The first kappa shape index (κ1) is 9.86. The number of hydrogen-bond acceptors (Lipinski definition) is 3. The molecule has 1 aromatic rings. The number of benzene rings is 1. The molecule has 72 valence electrons. The zero-order valence-electron chi connectivity index (χ0n) is 8.16. The van der Waals surface area contributed by atoms with Crippen LogP contribution in [0.15, 0.2) is 12.1 Å². The molecule has 0 radical (unpaired) electrons. The van der Waals surface area contributed by atoms with Gasteiger partial charge in [-0.15, -0.1) is 0 Å². The summed E-state index contributed by atoms with van der Waals surface area (Å²) in [5.74, 6) is 0.902. The molecule has 1 atom stereocenters. The molecule has 1 rings (SSSR count). The van der Waals surface area contributed by atoms with E-state index in [0.29, 0.717) is 5.75 Å². The Morgan fingerprint density at radius 2 is 2.08 bits per heavy atom. The first-order valence-corrected chi connectivity index (χ1v) is 4.19. The Morgan fingerprint density at radius 3 is 2.54 bits per heavy atom. The summed E-state index contributed by atoms with van der Waals surface area (Å²) in [5.41, 5.74) is 7.31. The van der Waals surface area contributed by atoms with E-state index in [1.54, 1.807) is 20.1 Å². The lowest BCUT2D eigenvalue weighted by atomic mass is 10.1. The van der Waals surface area contributed by atoms with Crippen LogP contribution in [0, 0.1) is 6.92 Å². The summed E-state index contributed by atoms with van der Waals surface area (Å²) in [7, 11) is 1.58. The van der Waals surface area contributed by atoms with Crippen molar-refractivity contribution in [2.75, 3.05) is 7.11 Å². The van der Waals surface area contributed by atoms with Crippen molar-refractivity contribution in [2.24, 2.45) is 5.73 Å². The molecule has 3 heteroatoms. The van der Waals surface area contributed by atoms with Crippen LogP contribution in [-0.4, -0.2) is 12.2 Å². The maximum atomic E-state index is 9.53. The molecule has 0 saturated heterocycles. The molecule has 0 aliphatic rings. The lowest BCUT2D eigenvalue weighted by Gasteiger charge is -2.11. The van der Waals surface area contributed by atoms with Crippen LogP contribution in [0.4, 0.5) is 0 Å². The molecular weight excluding hydrogens is 166 g/mol. The topological polar surface area (TPSA) is 55.5 Å². The molecule has 0 saturated carbocycles. The standard InChI is InChI=1S/C10H15NO2/c1-6-9(12)4-8(7(2)11)5-10(6)13-3/h4-5,7,12H,11H2,1-3H3. The Hall–Kier alpha value is -1.22. The largest absolute Gasteiger partial charge is 0.508 e. The van der Waals surface area contributed by atoms with Gasteiger partial charge in [-0.1, -0.05) is 0 Å². The van der Waals surface area contributed by atoms with Crippen molar-refractivity contribution < 1.29 is 9.84 Å². The predicted octanol–water partition coefficient (Wildman–Crippen LogP) is 1.73. The Morgan fingerprint density at radius 1 is 1.46 bits per heavy atom. The summed E-state index contributed by atoms with van der Waals surface area (Å²) >= 11 is 0. The second-order valence-electron chi connectivity index (χ2n) is 3.16. The quantitative estimate of drug-likeness (QED) is 0.730. The molecule has 3 nitrogen and oxygen atoms in total. The van der Waals surface area contributed by atoms with Gasteiger partial charge in [0.05, 0.1) is 7.11 Å². The Bertz CT molecular complexity index is 308. The van der Waals surface area contributed by atoms with E-state index in [-0.39, 0.29) is 11.8 Å². The number of phenolic OH excluding ortho intramolecular Hbond substituents is 1. The predicted molar refractivity (Wildman–Crippen MR) is 52.0 cm³/mol. The van der Waals surface area contributed by atoms with E-state index in [9.17, 15) is 5.11 Å². The zero-order valence-corrected chi connectivity index (χ0v) is 8.16. The van der Waals surface area contributed by atoms with Gasteiger partial charge >= 0.3 is 0 Å². The highest BCUT2D eigenvalue weighted by Crippen LogP contribution is 2.30. The summed E-state index contributed by atoms with van der Waals surface area (Å²) in [6, 6.07) is 3.42. The van der Waals surface area contributed by atoms with Gasteiger partial charge in [0.25, 0.3) is 0 Å². The smallest absolute Gasteiger partial charge is 0.125 e. The average molecular weight is 181 g/mol. The molecule has 0 aliphatic heterocycles. The molecule has 0 aliphatic carbocycles. The maximum absolute atomic E-state index is 9.53. The van der Waals surface area contributed by atoms with Gasteiger partial charge in [0, 0.05) is 11.6 Å². The van der Waals surface area contributed by atoms with E-state index < -0.39 is 0 Å². The number of aromatic hydroxyl groups is 1. The van der Waals surface area contributed by atoms with Gasteiger partial charge in [-0.3, -0.25) is 0 Å². The van der Waals surface area contributed by atoms with Crippen molar-refractivity contribution in [1.29, 1.82) is 0 Å². The van der Waals surface area contributed by atoms with Crippen molar-refractivity contribution in [3.05, 3.63) is 23.3 Å². The number of nitrogens with two attached hydrogens (primary N) is 1. The van der Waals surface area contributed by atoms with Crippen LogP contribution in [0.25, 0.3) is 0 Å². The Balaban J connectivity index is 3.22. The fraction of sp³-hybridized carbons (Fsp3) is 0.400. The molecule has 0 fully saturated rings. The molecule has 1 aromatic carbocycles. The molecule has 1 unspecified atom stereocenters. The van der Waals surface area contributed by atoms with Crippen LogP contribution in [0.5, 0.6) is 11.5 Å². The van der Waals surface area contributed by atoms with Crippen molar-refractivity contribution in [3.8, 4) is 11.5 Å². The molecule has 0 aromatic heterocycles. The number of rotatable bonds is 2. The molecule has 0 spiro atoms. The lowest BCUT2D eigenvalue weighted by Crippen LogP contribution is -2.05. The summed E-state index contributed by atoms with van der Waals surface area (Å²) in [6.07, 6.45) is 0. The Kier molecular flexibility index (Phi) is 2.78. The molecule has 13 heavy (non-hydrogen) atoms. The minimum atomic E-state index is -0.0969. The van der Waals surface area contributed by atoms with Crippen LogP contribution in [-0.2, 0) is 0 Å². The molecule has 0 heterocycles. The van der Waals surface area contributed by atoms with Crippen LogP contribution in [0.1, 0.15) is 24.1 Å². The number of methoxy groups -OCH3 is 1. The minimum Gasteiger partial charge on any atom is -0.508 e. The fourth-order valence-electron chi connectivity index (χ4n) is 1.17. The zero-order chi connectivity index (χ0) is 10.0. The van der Waals surface area contributed by atoms with E-state index in [1.807, 2.05) is 13.0 Å². The van der Waals surface area contributed by atoms with Crippen molar-refractivity contribution in [2.45, 2.75) is 19.9 Å². The van der Waals surface area contributed by atoms with Gasteiger partial charge in [-0.25, -0.2) is 0 Å². The Labute approximate surface area is 78.1 Å². The van der Waals surface area contributed by atoms with E-state index >= 15 is 0 Å². The minimum absolute atomic E-state index is 0.0969. The summed E-state index contributed by atoms with van der Waals surface area (Å²) in [4.78, 5) is 0. The molecular formula is C10H15NO2. The van der Waals surface area contributed by atoms with Crippen molar-refractivity contribution >= 4 is 0 Å². The van der Waals surface area contributed by atoms with E-state index in [4.69, 9.17) is 10.5 Å². The number of phenols is 1. The SMILES string of the molecule is COc1cc(C(C)N)cc(O)c1C. The highest BCUT2D eigenvalue weighted by Gasteiger charge is 2.08. The third-order valence-corrected chi connectivity index (χ3v) is 2.10. The van der Waals surface area contributed by atoms with Crippen LogP contribution >= 0.6 is 0 Å². The fourth-order valence-corrected chi connectivity index (χ4v) is 1.17. The third-order valence-electron chi connectivity index (χ3n) is 2.10. The second-order valence-corrected chi connectivity index (χ2v) is 3.16. The van der Waals surface area contributed by atoms with Crippen molar-refractivity contribution in [1.82, 2.24) is 0 Å². The van der Waals surface area contributed by atoms with Gasteiger partial charge < -0.3 is 15.6 Å². The van der Waals surface area contributed by atoms with Gasteiger partial charge in [-0.05, 0) is 31.5 Å². The number of ether oxygens (including phenoxy) is 1. The highest BCUT2D eigenvalue weighted by atomic mass is 16.5. The first-order chi connectivity index (χ1) is 6.06. The van der Waals surface area contributed by atoms with Crippen molar-refractivity contribution in [3.63, 3.8) is 0 Å². The highest BCUT2D eigenvalue weighted by molar-refractivity contribution is 5.47.